The Kier molecular flexibility index (Phi) is 7.94. The highest BCUT2D eigenvalue weighted by Crippen LogP contribution is 2.32. The number of amides is 2. The van der Waals surface area contributed by atoms with Crippen LogP contribution in [0, 0.1) is 0 Å². The first-order chi connectivity index (χ1) is 15.0. The minimum atomic E-state index is -4.76. The van der Waals surface area contributed by atoms with Gasteiger partial charge in [0.2, 0.25) is 0 Å². The lowest BCUT2D eigenvalue weighted by atomic mass is 9.99. The Morgan fingerprint density at radius 2 is 1.48 bits per heavy atom. The molecular formula is C23H33F3N2O5. The Morgan fingerprint density at radius 1 is 0.970 bits per heavy atom. The largest absolute Gasteiger partial charge is 0.444 e. The molecule has 0 bridgehead atoms. The molecule has 1 aromatic carbocycles. The van der Waals surface area contributed by atoms with Gasteiger partial charge >= 0.3 is 18.4 Å². The fraction of sp³-hybridized carbons (Fsp3) is 0.652. The van der Waals surface area contributed by atoms with Crippen molar-refractivity contribution in [2.75, 3.05) is 19.6 Å². The molecule has 1 heterocycles. The summed E-state index contributed by atoms with van der Waals surface area (Å²) in [6.45, 7) is 11.2. The maximum atomic E-state index is 12.8. The highest BCUT2D eigenvalue weighted by Gasteiger charge is 2.40. The van der Waals surface area contributed by atoms with E-state index in [1.807, 2.05) is 0 Å². The molecule has 0 aliphatic carbocycles. The monoisotopic (exact) mass is 474 g/mol. The summed E-state index contributed by atoms with van der Waals surface area (Å²) in [6, 6.07) is 4.90. The average Bonchev–Trinajstić information content (AvgIpc) is 2.64. The van der Waals surface area contributed by atoms with Gasteiger partial charge < -0.3 is 24.4 Å². The van der Waals surface area contributed by atoms with Gasteiger partial charge in [-0.3, -0.25) is 0 Å². The van der Waals surface area contributed by atoms with Crippen LogP contribution < -0.4 is 0 Å². The smallest absolute Gasteiger partial charge is 0.418 e. The van der Waals surface area contributed by atoms with E-state index in [4.69, 9.17) is 9.47 Å². The maximum absolute atomic E-state index is 12.8. The second kappa shape index (κ2) is 9.79. The van der Waals surface area contributed by atoms with Crippen molar-refractivity contribution in [3.63, 3.8) is 0 Å². The maximum Gasteiger partial charge on any atom is 0.418 e. The van der Waals surface area contributed by atoms with Crippen molar-refractivity contribution >= 4 is 12.2 Å². The predicted molar refractivity (Wildman–Crippen MR) is 116 cm³/mol. The van der Waals surface area contributed by atoms with Gasteiger partial charge in [0, 0.05) is 19.6 Å². The highest BCUT2D eigenvalue weighted by atomic mass is 19.4. The van der Waals surface area contributed by atoms with Gasteiger partial charge in [-0.25, -0.2) is 9.59 Å². The SMILES string of the molecule is CC(C)(C)OC(=O)N1CCN(C(=O)OC(C)(C)C)[C@H](Cc2ccc(C(O)C(F)(F)F)cc2)C1. The number of benzene rings is 1. The van der Waals surface area contributed by atoms with Gasteiger partial charge in [0.1, 0.15) is 11.2 Å². The van der Waals surface area contributed by atoms with Crippen molar-refractivity contribution < 1.29 is 37.3 Å². The van der Waals surface area contributed by atoms with Crippen LogP contribution in [0.25, 0.3) is 0 Å². The molecule has 2 atom stereocenters. The summed E-state index contributed by atoms with van der Waals surface area (Å²) in [5, 5.41) is 9.43. The molecule has 7 nitrogen and oxygen atoms in total. The number of carbonyl (C=O) groups excluding carboxylic acids is 2. The van der Waals surface area contributed by atoms with E-state index in [1.54, 1.807) is 41.5 Å². The van der Waals surface area contributed by atoms with Gasteiger partial charge in [-0.1, -0.05) is 24.3 Å². The van der Waals surface area contributed by atoms with Crippen LogP contribution >= 0.6 is 0 Å². The van der Waals surface area contributed by atoms with Crippen molar-refractivity contribution in [3.8, 4) is 0 Å². The topological polar surface area (TPSA) is 79.3 Å². The average molecular weight is 475 g/mol. The number of halogens is 3. The van der Waals surface area contributed by atoms with Crippen LogP contribution in [0.3, 0.4) is 0 Å². The third-order valence-electron chi connectivity index (χ3n) is 4.84. The summed E-state index contributed by atoms with van der Waals surface area (Å²) >= 11 is 0. The van der Waals surface area contributed by atoms with Crippen LogP contribution in [0.2, 0.25) is 0 Å². The summed E-state index contributed by atoms with van der Waals surface area (Å²) in [4.78, 5) is 28.4. The van der Waals surface area contributed by atoms with Crippen LogP contribution in [-0.2, 0) is 15.9 Å². The lowest BCUT2D eigenvalue weighted by Crippen LogP contribution is -2.58. The third kappa shape index (κ3) is 8.10. The fourth-order valence-electron chi connectivity index (χ4n) is 3.38. The zero-order valence-electron chi connectivity index (χ0n) is 19.9. The number of hydrogen-bond acceptors (Lipinski definition) is 5. The van der Waals surface area contributed by atoms with Gasteiger partial charge in [-0.15, -0.1) is 0 Å². The second-order valence-corrected chi connectivity index (χ2v) is 10.1. The Bertz CT molecular complexity index is 828. The molecule has 33 heavy (non-hydrogen) atoms. The quantitative estimate of drug-likeness (QED) is 0.688. The van der Waals surface area contributed by atoms with Crippen LogP contribution in [0.1, 0.15) is 58.8 Å². The molecule has 2 amide bonds. The number of carbonyl (C=O) groups is 2. The minimum absolute atomic E-state index is 0.182. The van der Waals surface area contributed by atoms with Gasteiger partial charge in [-0.05, 0) is 59.1 Å². The van der Waals surface area contributed by atoms with Gasteiger partial charge in [0.05, 0.1) is 6.04 Å². The van der Waals surface area contributed by atoms with E-state index in [2.05, 4.69) is 0 Å². The molecule has 1 N–H and O–H groups in total. The standard InChI is InChI=1S/C23H33F3N2O5/c1-21(2,3)32-19(30)27-11-12-28(20(31)33-22(4,5)6)17(14-27)13-15-7-9-16(10-8-15)18(29)23(24,25)26/h7-10,17-18,29H,11-14H2,1-6H3/t17-,18?/m1/s1. The number of hydrogen-bond donors (Lipinski definition) is 1. The lowest BCUT2D eigenvalue weighted by Gasteiger charge is -2.42. The molecule has 2 rings (SSSR count). The number of piperazine rings is 1. The highest BCUT2D eigenvalue weighted by molar-refractivity contribution is 5.71. The molecule has 1 aromatic rings. The molecule has 1 aliphatic rings. The van der Waals surface area contributed by atoms with Crippen LogP contribution in [0.5, 0.6) is 0 Å². The summed E-state index contributed by atoms with van der Waals surface area (Å²) in [5.74, 6) is 0. The van der Waals surface area contributed by atoms with E-state index in [0.29, 0.717) is 5.56 Å². The molecule has 1 unspecified atom stereocenters. The van der Waals surface area contributed by atoms with Gasteiger partial charge in [-0.2, -0.15) is 13.2 Å². The number of rotatable bonds is 3. The normalized spacial score (nSPS) is 18.7. The molecule has 0 radical (unpaired) electrons. The molecule has 0 saturated carbocycles. The van der Waals surface area contributed by atoms with E-state index in [-0.39, 0.29) is 31.6 Å². The van der Waals surface area contributed by atoms with Gasteiger partial charge in [0.25, 0.3) is 0 Å². The number of aliphatic hydroxyl groups is 1. The molecule has 186 valence electrons. The Labute approximate surface area is 192 Å². The summed E-state index contributed by atoms with van der Waals surface area (Å²) in [6.07, 6.45) is -8.07. The fourth-order valence-corrected chi connectivity index (χ4v) is 3.38. The Balaban J connectivity index is 2.21. The number of aliphatic hydroxyl groups excluding tert-OH is 1. The summed E-state index contributed by atoms with van der Waals surface area (Å²) in [5.41, 5.74) is -1.00. The molecule has 1 fully saturated rings. The molecule has 0 aromatic heterocycles. The lowest BCUT2D eigenvalue weighted by molar-refractivity contribution is -0.206. The van der Waals surface area contributed by atoms with E-state index in [9.17, 15) is 27.9 Å². The van der Waals surface area contributed by atoms with E-state index in [1.165, 1.54) is 34.1 Å². The van der Waals surface area contributed by atoms with E-state index < -0.39 is 41.7 Å². The van der Waals surface area contributed by atoms with E-state index >= 15 is 0 Å². The predicted octanol–water partition coefficient (Wildman–Crippen LogP) is 4.68. The number of nitrogens with zero attached hydrogens (tertiary/aromatic N) is 2. The second-order valence-electron chi connectivity index (χ2n) is 10.1. The molecule has 10 heteroatoms. The minimum Gasteiger partial charge on any atom is -0.444 e. The Morgan fingerprint density at radius 3 is 1.97 bits per heavy atom. The molecule has 1 saturated heterocycles. The van der Waals surface area contributed by atoms with E-state index in [0.717, 1.165) is 0 Å². The van der Waals surface area contributed by atoms with Crippen molar-refractivity contribution in [1.29, 1.82) is 0 Å². The first-order valence-electron chi connectivity index (χ1n) is 10.8. The molecular weight excluding hydrogens is 441 g/mol. The number of alkyl halides is 3. The van der Waals surface area contributed by atoms with Crippen LogP contribution in [-0.4, -0.2) is 70.1 Å². The van der Waals surface area contributed by atoms with Crippen molar-refractivity contribution in [2.24, 2.45) is 0 Å². The van der Waals surface area contributed by atoms with Gasteiger partial charge in [0.15, 0.2) is 6.10 Å². The molecule has 0 spiro atoms. The van der Waals surface area contributed by atoms with Crippen molar-refractivity contribution in [1.82, 2.24) is 9.80 Å². The van der Waals surface area contributed by atoms with Crippen LogP contribution in [0.4, 0.5) is 22.8 Å². The van der Waals surface area contributed by atoms with Crippen molar-refractivity contribution in [2.45, 2.75) is 77.5 Å². The zero-order valence-corrected chi connectivity index (χ0v) is 19.9. The third-order valence-corrected chi connectivity index (χ3v) is 4.84. The van der Waals surface area contributed by atoms with Crippen LogP contribution in [0.15, 0.2) is 24.3 Å². The first-order valence-corrected chi connectivity index (χ1v) is 10.8. The first kappa shape index (κ1) is 26.8. The summed E-state index contributed by atoms with van der Waals surface area (Å²) < 4.78 is 49.2. The zero-order chi connectivity index (χ0) is 25.2. The van der Waals surface area contributed by atoms with Crippen molar-refractivity contribution in [3.05, 3.63) is 35.4 Å². The summed E-state index contributed by atoms with van der Waals surface area (Å²) in [7, 11) is 0. The molecule has 1 aliphatic heterocycles. The number of ether oxygens (including phenoxy) is 2. The Hall–Kier alpha value is -2.49.